The molecule has 132 valence electrons. The van der Waals surface area contributed by atoms with Gasteiger partial charge in [-0.2, -0.15) is 0 Å². The Morgan fingerprint density at radius 3 is 2.50 bits per heavy atom. The van der Waals surface area contributed by atoms with E-state index in [0.29, 0.717) is 17.5 Å². The molecule has 1 atom stereocenters. The average Bonchev–Trinajstić information content (AvgIpc) is 2.98. The first-order valence-electron chi connectivity index (χ1n) is 8.08. The van der Waals surface area contributed by atoms with E-state index >= 15 is 0 Å². The van der Waals surface area contributed by atoms with Crippen LogP contribution in [0.2, 0.25) is 5.02 Å². The van der Waals surface area contributed by atoms with Crippen molar-refractivity contribution in [1.29, 1.82) is 0 Å². The fourth-order valence-corrected chi connectivity index (χ4v) is 3.06. The van der Waals surface area contributed by atoms with Crippen LogP contribution in [0.25, 0.3) is 0 Å². The molecule has 1 unspecified atom stereocenters. The molecule has 0 saturated carbocycles. The molecule has 0 aliphatic carbocycles. The van der Waals surface area contributed by atoms with Crippen molar-refractivity contribution in [3.63, 3.8) is 0 Å². The van der Waals surface area contributed by atoms with E-state index in [-0.39, 0.29) is 0 Å². The van der Waals surface area contributed by atoms with Gasteiger partial charge in [0.25, 0.3) is 0 Å². The number of imidazole rings is 1. The van der Waals surface area contributed by atoms with Crippen molar-refractivity contribution < 1.29 is 4.74 Å². The van der Waals surface area contributed by atoms with Gasteiger partial charge in [0.05, 0.1) is 6.61 Å². The molecule has 1 heterocycles. The van der Waals surface area contributed by atoms with E-state index in [4.69, 9.17) is 27.9 Å². The van der Waals surface area contributed by atoms with Gasteiger partial charge < -0.3 is 14.2 Å². The molecule has 6 heteroatoms. The van der Waals surface area contributed by atoms with Crippen molar-refractivity contribution in [1.82, 2.24) is 14.5 Å². The van der Waals surface area contributed by atoms with Crippen LogP contribution in [0.4, 0.5) is 0 Å². The van der Waals surface area contributed by atoms with E-state index in [2.05, 4.69) is 9.88 Å². The minimum absolute atomic E-state index is 0.580. The molecular weight excluding hydrogens is 345 g/mol. The number of hydrogen-bond donors (Lipinski definition) is 0. The summed E-state index contributed by atoms with van der Waals surface area (Å²) in [5, 5.41) is 0.707. The second-order valence-corrected chi connectivity index (χ2v) is 6.95. The summed E-state index contributed by atoms with van der Waals surface area (Å²) >= 11 is 12.1. The Kier molecular flexibility index (Phi) is 7.11. The number of nitrogens with zero attached hydrogens (tertiary/aromatic N) is 3. The van der Waals surface area contributed by atoms with Crippen LogP contribution in [0.1, 0.15) is 24.2 Å². The van der Waals surface area contributed by atoms with Gasteiger partial charge >= 0.3 is 0 Å². The van der Waals surface area contributed by atoms with Gasteiger partial charge in [0.1, 0.15) is 5.82 Å². The predicted molar refractivity (Wildman–Crippen MR) is 99.9 cm³/mol. The van der Waals surface area contributed by atoms with E-state index < -0.39 is 5.60 Å². The predicted octanol–water partition coefficient (Wildman–Crippen LogP) is 3.91. The van der Waals surface area contributed by atoms with Crippen LogP contribution < -0.4 is 0 Å². The van der Waals surface area contributed by atoms with E-state index in [0.717, 1.165) is 30.8 Å². The largest absolute Gasteiger partial charge is 0.361 e. The lowest BCUT2D eigenvalue weighted by molar-refractivity contribution is -0.0381. The maximum atomic E-state index is 6.47. The summed E-state index contributed by atoms with van der Waals surface area (Å²) in [5.74, 6) is 1.46. The molecule has 4 nitrogen and oxygen atoms in total. The van der Waals surface area contributed by atoms with Gasteiger partial charge in [0.2, 0.25) is 0 Å². The van der Waals surface area contributed by atoms with Crippen LogP contribution in [0, 0.1) is 0 Å². The topological polar surface area (TPSA) is 30.3 Å². The molecule has 0 N–H and O–H groups in total. The smallest absolute Gasteiger partial charge is 0.151 e. The van der Waals surface area contributed by atoms with Crippen molar-refractivity contribution in [3.05, 3.63) is 53.1 Å². The van der Waals surface area contributed by atoms with Gasteiger partial charge in [0, 0.05) is 36.9 Å². The quantitative estimate of drug-likeness (QED) is 0.627. The molecule has 0 saturated heterocycles. The molecule has 0 spiro atoms. The van der Waals surface area contributed by atoms with Crippen molar-refractivity contribution in [2.75, 3.05) is 33.1 Å². The van der Waals surface area contributed by atoms with Gasteiger partial charge in [-0.15, -0.1) is 11.6 Å². The molecule has 0 aliphatic rings. The molecule has 2 aromatic rings. The third-order valence-electron chi connectivity index (χ3n) is 4.04. The molecule has 0 fully saturated rings. The molecule has 24 heavy (non-hydrogen) atoms. The first-order chi connectivity index (χ1) is 11.5. The van der Waals surface area contributed by atoms with Gasteiger partial charge in [-0.25, -0.2) is 4.98 Å². The highest BCUT2D eigenvalue weighted by molar-refractivity contribution is 6.30. The summed E-state index contributed by atoms with van der Waals surface area (Å²) in [6.45, 7) is 1.44. The Morgan fingerprint density at radius 1 is 1.25 bits per heavy atom. The third kappa shape index (κ3) is 4.51. The second-order valence-electron chi connectivity index (χ2n) is 6.14. The summed E-state index contributed by atoms with van der Waals surface area (Å²) in [4.78, 5) is 6.69. The lowest BCUT2D eigenvalue weighted by Crippen LogP contribution is -2.36. The first-order valence-corrected chi connectivity index (χ1v) is 8.99. The van der Waals surface area contributed by atoms with Crippen molar-refractivity contribution in [2.24, 2.45) is 7.05 Å². The Labute approximate surface area is 154 Å². The van der Waals surface area contributed by atoms with Crippen LogP contribution in [0.15, 0.2) is 36.7 Å². The van der Waals surface area contributed by atoms with Gasteiger partial charge in [0.15, 0.2) is 5.60 Å². The Hall–Kier alpha value is -1.07. The van der Waals surface area contributed by atoms with Gasteiger partial charge in [-0.1, -0.05) is 23.7 Å². The van der Waals surface area contributed by atoms with E-state index in [1.165, 1.54) is 0 Å². The van der Waals surface area contributed by atoms with E-state index in [1.54, 1.807) is 6.20 Å². The Bertz CT molecular complexity index is 627. The van der Waals surface area contributed by atoms with Crippen LogP contribution >= 0.6 is 23.2 Å². The number of benzene rings is 1. The van der Waals surface area contributed by atoms with Crippen LogP contribution in [-0.4, -0.2) is 47.6 Å². The summed E-state index contributed by atoms with van der Waals surface area (Å²) in [5.41, 5.74) is 0.415. The number of alkyl halides is 1. The van der Waals surface area contributed by atoms with Gasteiger partial charge in [-0.05, 0) is 44.6 Å². The highest BCUT2D eigenvalue weighted by atomic mass is 35.5. The van der Waals surface area contributed by atoms with Crippen molar-refractivity contribution in [3.8, 4) is 0 Å². The Morgan fingerprint density at radius 2 is 1.96 bits per heavy atom. The number of ether oxygens (including phenoxy) is 1. The zero-order valence-corrected chi connectivity index (χ0v) is 16.0. The minimum atomic E-state index is -0.631. The van der Waals surface area contributed by atoms with Crippen molar-refractivity contribution >= 4 is 23.2 Å². The third-order valence-corrected chi connectivity index (χ3v) is 4.56. The maximum Gasteiger partial charge on any atom is 0.151 e. The molecule has 2 rings (SSSR count). The summed E-state index contributed by atoms with van der Waals surface area (Å²) in [7, 11) is 6.06. The number of aromatic nitrogens is 2. The fraction of sp³-hybridized carbons (Fsp3) is 0.500. The normalized spacial score (nSPS) is 14.1. The first kappa shape index (κ1) is 19.3. The number of hydrogen-bond acceptors (Lipinski definition) is 3. The highest BCUT2D eigenvalue weighted by Gasteiger charge is 2.38. The zero-order chi connectivity index (χ0) is 17.6. The average molecular weight is 370 g/mol. The Balaban J connectivity index is 2.46. The maximum absolute atomic E-state index is 6.47. The van der Waals surface area contributed by atoms with Crippen LogP contribution in [-0.2, 0) is 17.4 Å². The lowest BCUT2D eigenvalue weighted by atomic mass is 9.87. The molecule has 0 bridgehead atoms. The number of aryl methyl sites for hydroxylation is 1. The molecule has 0 aliphatic heterocycles. The van der Waals surface area contributed by atoms with E-state index in [1.807, 2.05) is 56.2 Å². The van der Waals surface area contributed by atoms with E-state index in [9.17, 15) is 0 Å². The molecule has 1 aromatic heterocycles. The minimum Gasteiger partial charge on any atom is -0.361 e. The molecule has 0 amide bonds. The monoisotopic (exact) mass is 369 g/mol. The van der Waals surface area contributed by atoms with Crippen molar-refractivity contribution in [2.45, 2.75) is 18.4 Å². The fourth-order valence-electron chi connectivity index (χ4n) is 2.80. The molecule has 0 radical (unpaired) electrons. The summed E-state index contributed by atoms with van der Waals surface area (Å²) < 4.78 is 8.48. The summed E-state index contributed by atoms with van der Waals surface area (Å²) in [6, 6.07) is 7.82. The van der Waals surface area contributed by atoms with Gasteiger partial charge in [-0.3, -0.25) is 0 Å². The van der Waals surface area contributed by atoms with Crippen LogP contribution in [0.3, 0.4) is 0 Å². The van der Waals surface area contributed by atoms with Crippen LogP contribution in [0.5, 0.6) is 0 Å². The summed E-state index contributed by atoms with van der Waals surface area (Å²) in [6.07, 6.45) is 5.33. The zero-order valence-electron chi connectivity index (χ0n) is 14.5. The number of rotatable bonds is 9. The molecular formula is C18H25Cl2N3O. The highest BCUT2D eigenvalue weighted by Crippen LogP contribution is 2.37. The SMILES string of the molecule is CN(C)CCOC(CCCCl)(c1ccc(Cl)cc1)c1nccn1C. The standard InChI is InChI=1S/C18H25Cl2N3O/c1-22(2)13-14-24-18(9-4-10-19,17-21-11-12-23(17)3)15-5-7-16(20)8-6-15/h5-8,11-12H,4,9-10,13-14H2,1-3H3. The lowest BCUT2D eigenvalue weighted by Gasteiger charge is -2.34. The molecule has 1 aromatic carbocycles. The number of likely N-dealkylation sites (N-methyl/N-ethyl adjacent to an activating group) is 1. The number of halogens is 2. The second kappa shape index (κ2) is 8.86.